The number of ether oxygens (including phenoxy) is 6. The van der Waals surface area contributed by atoms with Gasteiger partial charge in [0.1, 0.15) is 37.1 Å². The van der Waals surface area contributed by atoms with Gasteiger partial charge in [-0.1, -0.05) is 0 Å². The molecule has 0 atom stereocenters. The predicted octanol–water partition coefficient (Wildman–Crippen LogP) is -9.31. The van der Waals surface area contributed by atoms with E-state index in [2.05, 4.69) is 0 Å². The van der Waals surface area contributed by atoms with Crippen molar-refractivity contribution in [2.24, 2.45) is 0 Å². The molecule has 0 radical (unpaired) electrons. The third-order valence-corrected chi connectivity index (χ3v) is 6.76. The summed E-state index contributed by atoms with van der Waals surface area (Å²) in [6, 6.07) is 4.71. The van der Waals surface area contributed by atoms with E-state index in [1.54, 1.807) is 18.2 Å². The molecule has 0 saturated carbocycles. The molecule has 42 heavy (non-hydrogen) atoms. The fourth-order valence-electron chi connectivity index (χ4n) is 2.77. The van der Waals surface area contributed by atoms with Crippen molar-refractivity contribution in [3.8, 4) is 17.2 Å². The minimum absolute atomic E-state index is 0. The summed E-state index contributed by atoms with van der Waals surface area (Å²) in [6.07, 6.45) is 0.198. The summed E-state index contributed by atoms with van der Waals surface area (Å²) in [5.41, 5.74) is 0. The van der Waals surface area contributed by atoms with Crippen molar-refractivity contribution in [3.05, 3.63) is 18.2 Å². The molecule has 0 aliphatic rings. The third kappa shape index (κ3) is 31.2. The Kier molecular flexibility index (Phi) is 29.8. The van der Waals surface area contributed by atoms with E-state index < -0.39 is 47.6 Å². The van der Waals surface area contributed by atoms with Crippen LogP contribution in [-0.4, -0.2) is 116 Å². The Bertz CT molecular complexity index is 996. The van der Waals surface area contributed by atoms with Gasteiger partial charge in [-0.2, -0.15) is 0 Å². The first-order valence-electron chi connectivity index (χ1n) is 11.8. The fourth-order valence-corrected chi connectivity index (χ4v) is 4.18. The van der Waals surface area contributed by atoms with Gasteiger partial charge < -0.3 is 42.1 Å². The molecule has 0 N–H and O–H groups in total. The van der Waals surface area contributed by atoms with Crippen LogP contribution in [0.2, 0.25) is 0 Å². The monoisotopic (exact) mass is 690 g/mol. The average molecular weight is 691 g/mol. The molecule has 0 aliphatic heterocycles. The largest absolute Gasteiger partial charge is 1.00 e. The zero-order valence-electron chi connectivity index (χ0n) is 24.2. The minimum atomic E-state index is -4.29. The molecule has 0 unspecified atom stereocenters. The normalized spacial score (nSPS) is 11.5. The van der Waals surface area contributed by atoms with E-state index in [0.29, 0.717) is 17.2 Å². The molecule has 1 rings (SSSR count). The Morgan fingerprint density at radius 1 is 0.429 bits per heavy atom. The number of rotatable bonds is 24. The summed E-state index contributed by atoms with van der Waals surface area (Å²) in [5.74, 6) is -0.478. The molecule has 0 fully saturated rings. The van der Waals surface area contributed by atoms with E-state index in [1.807, 2.05) is 0 Å². The summed E-state index contributed by atoms with van der Waals surface area (Å²) < 4.78 is 128. The van der Waals surface area contributed by atoms with Gasteiger partial charge >= 0.3 is 88.7 Å². The molecule has 0 amide bonds. The van der Waals surface area contributed by atoms with E-state index >= 15 is 0 Å². The van der Waals surface area contributed by atoms with E-state index in [-0.39, 0.29) is 167 Å². The molecule has 0 aliphatic carbocycles. The quantitative estimate of drug-likeness (QED) is 0.0558. The Morgan fingerprint density at radius 3 is 0.881 bits per heavy atom. The van der Waals surface area contributed by atoms with E-state index in [9.17, 15) is 38.9 Å². The first-order valence-corrected chi connectivity index (χ1v) is 16.5. The van der Waals surface area contributed by atoms with Gasteiger partial charge in [0.25, 0.3) is 0 Å². The molecular weight excluding hydrogens is 657 g/mol. The van der Waals surface area contributed by atoms with Gasteiger partial charge in [-0.05, 0) is 19.3 Å². The van der Waals surface area contributed by atoms with Crippen LogP contribution in [0.1, 0.15) is 19.3 Å². The van der Waals surface area contributed by atoms with E-state index in [1.165, 1.54) is 0 Å². The van der Waals surface area contributed by atoms with E-state index in [0.717, 1.165) is 0 Å². The van der Waals surface area contributed by atoms with Gasteiger partial charge in [0, 0.05) is 55.3 Å². The molecule has 1 aromatic carbocycles. The van der Waals surface area contributed by atoms with Crippen molar-refractivity contribution in [2.45, 2.75) is 19.3 Å². The van der Waals surface area contributed by atoms with Crippen LogP contribution < -0.4 is 103 Å². The van der Waals surface area contributed by atoms with Crippen LogP contribution in [0.4, 0.5) is 0 Å². The van der Waals surface area contributed by atoms with Crippen LogP contribution in [0.25, 0.3) is 0 Å². The zero-order valence-corrected chi connectivity index (χ0v) is 32.6. The Labute approximate surface area is 314 Å². The smallest absolute Gasteiger partial charge is 0.748 e. The van der Waals surface area contributed by atoms with Crippen LogP contribution in [0, 0.1) is 0 Å². The molecule has 0 saturated heterocycles. The second kappa shape index (κ2) is 26.3. The van der Waals surface area contributed by atoms with Crippen LogP contribution in [-0.2, 0) is 44.6 Å². The second-order valence-corrected chi connectivity index (χ2v) is 12.4. The number of hydrogen-bond acceptors (Lipinski definition) is 15. The molecule has 1 aromatic rings. The van der Waals surface area contributed by atoms with Gasteiger partial charge in [-0.25, -0.2) is 25.3 Å². The van der Waals surface area contributed by atoms with Crippen LogP contribution in [0.3, 0.4) is 0 Å². The maximum Gasteiger partial charge on any atom is 1.00 e. The van der Waals surface area contributed by atoms with Crippen LogP contribution in [0.5, 0.6) is 17.2 Å². The van der Waals surface area contributed by atoms with Crippen molar-refractivity contribution in [3.63, 3.8) is 0 Å². The standard InChI is InChI=1S/C21H36O15S3.3Na/c22-37(23,24)13-1-4-31-7-10-34-19-16-20(35-11-8-32-5-2-14-38(25,26)27)18-21(17-19)36-12-9-33-6-3-15-39(28,29)30;;;/h16-18H,1-15H2,(H,22,23,24)(H,25,26,27)(H,28,29,30);;;/q;3*+1/p-3. The average Bonchev–Trinajstić information content (AvgIpc) is 2.80. The second-order valence-electron chi connectivity index (χ2n) is 7.87. The maximum atomic E-state index is 10.6. The zero-order chi connectivity index (χ0) is 29.2. The first-order chi connectivity index (χ1) is 18.2. The van der Waals surface area contributed by atoms with Crippen molar-refractivity contribution in [1.82, 2.24) is 0 Å². The van der Waals surface area contributed by atoms with Crippen molar-refractivity contribution < 1.29 is 156 Å². The molecule has 228 valence electrons. The molecule has 0 bridgehead atoms. The summed E-state index contributed by atoms with van der Waals surface area (Å²) in [4.78, 5) is 0. The van der Waals surface area contributed by atoms with Crippen LogP contribution >= 0.6 is 0 Å². The minimum Gasteiger partial charge on any atom is -0.748 e. The van der Waals surface area contributed by atoms with Crippen molar-refractivity contribution in [1.29, 1.82) is 0 Å². The van der Waals surface area contributed by atoms with Crippen molar-refractivity contribution in [2.75, 3.05) is 76.7 Å². The molecule has 0 spiro atoms. The number of benzene rings is 1. The fraction of sp³-hybridized carbons (Fsp3) is 0.714. The van der Waals surface area contributed by atoms with Gasteiger partial charge in [-0.15, -0.1) is 0 Å². The maximum absolute atomic E-state index is 10.6. The summed E-state index contributed by atoms with van der Waals surface area (Å²) in [6.45, 7) is 0.900. The molecule has 15 nitrogen and oxygen atoms in total. The summed E-state index contributed by atoms with van der Waals surface area (Å²) in [7, 11) is -12.9. The van der Waals surface area contributed by atoms with Crippen molar-refractivity contribution >= 4 is 30.4 Å². The molecule has 0 aromatic heterocycles. The van der Waals surface area contributed by atoms with Gasteiger partial charge in [-0.3, -0.25) is 0 Å². The number of hydrogen-bond donors (Lipinski definition) is 0. The third-order valence-electron chi connectivity index (χ3n) is 4.39. The van der Waals surface area contributed by atoms with Gasteiger partial charge in [0.05, 0.1) is 50.2 Å². The van der Waals surface area contributed by atoms with Crippen LogP contribution in [0.15, 0.2) is 18.2 Å². The Hall–Kier alpha value is 1.23. The topological polar surface area (TPSA) is 227 Å². The first kappa shape index (κ1) is 47.6. The molecular formula is C21H33Na3O15S3. The van der Waals surface area contributed by atoms with Gasteiger partial charge in [0.15, 0.2) is 0 Å². The molecule has 0 heterocycles. The summed E-state index contributed by atoms with van der Waals surface area (Å²) in [5, 5.41) is 0. The predicted molar refractivity (Wildman–Crippen MR) is 133 cm³/mol. The van der Waals surface area contributed by atoms with Gasteiger partial charge in [0.2, 0.25) is 0 Å². The SMILES string of the molecule is O=S(=O)([O-])CCCOCCOc1cc(OCCOCCCS(=O)(=O)[O-])cc(OCCOCCCS(=O)(=O)[O-])c1.[Na+].[Na+].[Na+]. The molecule has 21 heteroatoms. The van der Waals surface area contributed by atoms with E-state index in [4.69, 9.17) is 28.4 Å². The summed E-state index contributed by atoms with van der Waals surface area (Å²) >= 11 is 0. The Morgan fingerprint density at radius 2 is 0.667 bits per heavy atom. The Balaban J connectivity index is -0.00000507.